The average Bonchev–Trinajstić information content (AvgIpc) is 2.94. The first-order valence-electron chi connectivity index (χ1n) is 5.20. The molecule has 0 radical (unpaired) electrons. The monoisotopic (exact) mass is 454 g/mol. The van der Waals surface area contributed by atoms with Gasteiger partial charge in [0.1, 0.15) is 0 Å². The molecule has 0 aromatic rings. The topological polar surface area (TPSA) is 68.5 Å². The number of esters is 1. The molecule has 1 aliphatic rings. The Morgan fingerprint density at radius 2 is 2.12 bits per heavy atom. The van der Waals surface area contributed by atoms with Crippen molar-refractivity contribution in [3.8, 4) is 0 Å². The van der Waals surface area contributed by atoms with E-state index in [1.807, 2.05) is 13.8 Å². The van der Waals surface area contributed by atoms with E-state index in [1.54, 1.807) is 13.8 Å². The summed E-state index contributed by atoms with van der Waals surface area (Å²) in [4.78, 5) is 12.0. The van der Waals surface area contributed by atoms with Crippen LogP contribution >= 0.6 is 22.6 Å². The van der Waals surface area contributed by atoms with Gasteiger partial charge in [0, 0.05) is 0 Å². The third-order valence-electron chi connectivity index (χ3n) is 2.50. The molecule has 0 aliphatic carbocycles. The summed E-state index contributed by atoms with van der Waals surface area (Å²) in [5, 5.41) is 9.86. The molecule has 1 rings (SSSR count). The van der Waals surface area contributed by atoms with E-state index in [0.29, 0.717) is 10.5 Å². The van der Waals surface area contributed by atoms with Gasteiger partial charge in [0.25, 0.3) is 0 Å². The van der Waals surface area contributed by atoms with Gasteiger partial charge in [-0.05, 0) is 0 Å². The molecule has 0 amide bonds. The van der Waals surface area contributed by atoms with Crippen LogP contribution in [0.4, 0.5) is 0 Å². The van der Waals surface area contributed by atoms with Crippen molar-refractivity contribution in [3.05, 3.63) is 0 Å². The van der Waals surface area contributed by atoms with E-state index in [1.165, 1.54) is 0 Å². The van der Waals surface area contributed by atoms with E-state index in [-0.39, 0.29) is 27.4 Å². The third-order valence-corrected chi connectivity index (χ3v) is 7.25. The molecule has 1 fully saturated rings. The number of hydrogen-bond donors (Lipinski definition) is 2. The SMILES string of the molecule is CCC(OC(=O)C(C)(I)C1N[I-]1)C(C)(C)O. The van der Waals surface area contributed by atoms with Crippen molar-refractivity contribution in [2.24, 2.45) is 0 Å². The van der Waals surface area contributed by atoms with Crippen LogP contribution in [0.2, 0.25) is 0 Å². The van der Waals surface area contributed by atoms with E-state index in [4.69, 9.17) is 4.74 Å². The molecular formula is C10H18I2NO3-. The van der Waals surface area contributed by atoms with Crippen molar-refractivity contribution < 1.29 is 36.1 Å². The molecule has 0 aromatic heterocycles. The predicted octanol–water partition coefficient (Wildman–Crippen LogP) is -1.79. The summed E-state index contributed by atoms with van der Waals surface area (Å²) in [6, 6.07) is 0. The standard InChI is InChI=1S/C10H18I2NO3/c1-5-6(9(2,3)15)16-8(14)10(4,11)7-12-13-7/h6-7,13,15H,5H2,1-4H3/q-1. The second-order valence-corrected chi connectivity index (χ2v) is 9.34. The van der Waals surface area contributed by atoms with Gasteiger partial charge in [-0.1, -0.05) is 0 Å². The zero-order chi connectivity index (χ0) is 12.6. The van der Waals surface area contributed by atoms with E-state index in [2.05, 4.69) is 26.1 Å². The van der Waals surface area contributed by atoms with Crippen LogP contribution in [0.3, 0.4) is 0 Å². The van der Waals surface area contributed by atoms with Gasteiger partial charge < -0.3 is 0 Å². The van der Waals surface area contributed by atoms with Gasteiger partial charge >= 0.3 is 121 Å². The number of rotatable bonds is 5. The number of carbonyl (C=O) groups is 1. The average molecular weight is 454 g/mol. The number of ether oxygens (including phenoxy) is 1. The fourth-order valence-electron chi connectivity index (χ4n) is 1.31. The molecule has 0 saturated carbocycles. The molecule has 2 N–H and O–H groups in total. The van der Waals surface area contributed by atoms with E-state index in [9.17, 15) is 9.90 Å². The van der Waals surface area contributed by atoms with Gasteiger partial charge in [-0.15, -0.1) is 0 Å². The van der Waals surface area contributed by atoms with Crippen LogP contribution in [0.15, 0.2) is 0 Å². The number of hydrogen-bond acceptors (Lipinski definition) is 4. The molecule has 1 saturated heterocycles. The summed E-state index contributed by atoms with van der Waals surface area (Å²) < 4.78 is 8.44. The Bertz CT molecular complexity index is 272. The maximum absolute atomic E-state index is 12.0. The Kier molecular flexibility index (Phi) is 4.87. The molecule has 4 nitrogen and oxygen atoms in total. The maximum atomic E-state index is 12.0. The third kappa shape index (κ3) is 3.67. The molecule has 0 aromatic carbocycles. The molecule has 96 valence electrons. The van der Waals surface area contributed by atoms with Gasteiger partial charge in [-0.2, -0.15) is 0 Å². The molecule has 16 heavy (non-hydrogen) atoms. The molecular weight excluding hydrogens is 436 g/mol. The number of nitrogens with one attached hydrogen (secondary N) is 1. The van der Waals surface area contributed by atoms with Crippen LogP contribution in [0.1, 0.15) is 34.1 Å². The second kappa shape index (κ2) is 5.23. The second-order valence-electron chi connectivity index (χ2n) is 4.61. The minimum atomic E-state index is -0.983. The zero-order valence-electron chi connectivity index (χ0n) is 9.88. The normalized spacial score (nSPS) is 26.2. The molecule has 0 bridgehead atoms. The Balaban J connectivity index is 2.62. The number of carbonyl (C=O) groups excluding carboxylic acids is 1. The predicted molar refractivity (Wildman–Crippen MR) is 65.8 cm³/mol. The van der Waals surface area contributed by atoms with Crippen LogP contribution in [0.5, 0.6) is 0 Å². The Morgan fingerprint density at radius 3 is 2.44 bits per heavy atom. The van der Waals surface area contributed by atoms with Crippen molar-refractivity contribution in [2.75, 3.05) is 0 Å². The summed E-state index contributed by atoms with van der Waals surface area (Å²) in [5.41, 5.74) is -0.983. The summed E-state index contributed by atoms with van der Waals surface area (Å²) in [6.45, 7) is 7.13. The van der Waals surface area contributed by atoms with Gasteiger partial charge in [-0.25, -0.2) is 0 Å². The van der Waals surface area contributed by atoms with Gasteiger partial charge in [0.2, 0.25) is 0 Å². The Hall–Kier alpha value is 0.850. The Morgan fingerprint density at radius 1 is 1.62 bits per heavy atom. The summed E-state index contributed by atoms with van der Waals surface area (Å²) >= 11 is 2.11. The molecule has 6 heteroatoms. The summed E-state index contributed by atoms with van der Waals surface area (Å²) in [6.07, 6.45) is 0.181. The molecule has 3 atom stereocenters. The van der Waals surface area contributed by atoms with Crippen molar-refractivity contribution in [2.45, 2.75) is 53.3 Å². The number of aliphatic hydroxyl groups is 1. The van der Waals surface area contributed by atoms with Crippen LogP contribution in [-0.2, 0) is 9.53 Å². The van der Waals surface area contributed by atoms with Gasteiger partial charge in [0.05, 0.1) is 0 Å². The first kappa shape index (κ1) is 14.9. The van der Waals surface area contributed by atoms with Crippen molar-refractivity contribution in [1.29, 1.82) is 0 Å². The quantitative estimate of drug-likeness (QED) is 0.129. The zero-order valence-corrected chi connectivity index (χ0v) is 14.2. The summed E-state index contributed by atoms with van der Waals surface area (Å²) in [7, 11) is 0. The van der Waals surface area contributed by atoms with Crippen LogP contribution in [0, 0.1) is 0 Å². The first-order valence-corrected chi connectivity index (χ1v) is 8.60. The van der Waals surface area contributed by atoms with Crippen LogP contribution in [-0.4, -0.2) is 30.3 Å². The van der Waals surface area contributed by atoms with E-state index < -0.39 is 15.1 Å². The summed E-state index contributed by atoms with van der Waals surface area (Å²) in [5.74, 6) is -0.225. The van der Waals surface area contributed by atoms with Crippen LogP contribution in [0.25, 0.3) is 0 Å². The molecule has 1 aliphatic heterocycles. The van der Waals surface area contributed by atoms with Crippen LogP contribution < -0.4 is 25.0 Å². The van der Waals surface area contributed by atoms with E-state index >= 15 is 0 Å². The fraction of sp³-hybridized carbons (Fsp3) is 0.900. The van der Waals surface area contributed by atoms with Gasteiger partial charge in [-0.3, -0.25) is 0 Å². The van der Waals surface area contributed by atoms with Crippen molar-refractivity contribution >= 4 is 28.6 Å². The fourth-order valence-corrected chi connectivity index (χ4v) is 4.62. The Labute approximate surface area is 121 Å². The van der Waals surface area contributed by atoms with E-state index in [0.717, 1.165) is 0 Å². The van der Waals surface area contributed by atoms with Crippen molar-refractivity contribution in [1.82, 2.24) is 3.53 Å². The molecule has 1 heterocycles. The van der Waals surface area contributed by atoms with Crippen molar-refractivity contribution in [3.63, 3.8) is 0 Å². The molecule has 0 spiro atoms. The minimum absolute atomic E-state index is 0.0293. The molecule has 3 unspecified atom stereocenters. The first-order chi connectivity index (χ1) is 7.19. The van der Waals surface area contributed by atoms with Gasteiger partial charge in [0.15, 0.2) is 0 Å². The number of halogens is 2. The number of alkyl halides is 2.